The molecule has 0 radical (unpaired) electrons. The monoisotopic (exact) mass is 253 g/mol. The fraction of sp³-hybridized carbons (Fsp3) is 0.333. The van der Waals surface area contributed by atoms with E-state index in [1.807, 2.05) is 30.3 Å². The molecule has 92 valence electrons. The van der Waals surface area contributed by atoms with E-state index in [1.54, 1.807) is 0 Å². The lowest BCUT2D eigenvalue weighted by Crippen LogP contribution is -2.33. The first-order valence-corrected chi connectivity index (χ1v) is 6.15. The first-order valence-electron chi connectivity index (χ1n) is 5.16. The van der Waals surface area contributed by atoms with Gasteiger partial charge >= 0.3 is 5.97 Å². The zero-order valence-electron chi connectivity index (χ0n) is 9.59. The fourth-order valence-electron chi connectivity index (χ4n) is 1.21. The van der Waals surface area contributed by atoms with E-state index < -0.39 is 12.0 Å². The maximum Gasteiger partial charge on any atom is 0.323 e. The quantitative estimate of drug-likeness (QED) is 0.802. The summed E-state index contributed by atoms with van der Waals surface area (Å²) in [6.45, 7) is 0. The van der Waals surface area contributed by atoms with Gasteiger partial charge in [0.25, 0.3) is 0 Å². The van der Waals surface area contributed by atoms with Crippen molar-refractivity contribution >= 4 is 22.8 Å². The van der Waals surface area contributed by atoms with Crippen LogP contribution in [0.3, 0.4) is 0 Å². The number of hydrogen-bond acceptors (Lipinski definition) is 5. The van der Waals surface area contributed by atoms with Gasteiger partial charge in [0.1, 0.15) is 6.04 Å². The van der Waals surface area contributed by atoms with Crippen LogP contribution < -0.4 is 5.73 Å². The van der Waals surface area contributed by atoms with Gasteiger partial charge in [-0.2, -0.15) is 0 Å². The predicted molar refractivity (Wildman–Crippen MR) is 67.4 cm³/mol. The van der Waals surface area contributed by atoms with E-state index in [2.05, 4.69) is 4.74 Å². The van der Waals surface area contributed by atoms with Crippen molar-refractivity contribution in [1.82, 2.24) is 0 Å². The van der Waals surface area contributed by atoms with Gasteiger partial charge in [-0.05, 0) is 5.56 Å². The zero-order chi connectivity index (χ0) is 12.7. The van der Waals surface area contributed by atoms with E-state index in [1.165, 1.54) is 7.11 Å². The Morgan fingerprint density at radius 3 is 2.59 bits per heavy atom. The van der Waals surface area contributed by atoms with Crippen LogP contribution in [0.4, 0.5) is 0 Å². The Bertz CT molecular complexity index is 381. The molecular weight excluding hydrogens is 238 g/mol. The molecule has 0 spiro atoms. The van der Waals surface area contributed by atoms with Gasteiger partial charge < -0.3 is 10.5 Å². The van der Waals surface area contributed by atoms with Gasteiger partial charge in [0, 0.05) is 12.2 Å². The molecule has 0 aliphatic carbocycles. The van der Waals surface area contributed by atoms with Crippen molar-refractivity contribution in [1.29, 1.82) is 0 Å². The first kappa shape index (κ1) is 13.7. The fourth-order valence-corrected chi connectivity index (χ4v) is 2.03. The SMILES string of the molecule is COC(=O)C(N)CC(=O)SCc1ccccc1. The second-order valence-electron chi connectivity index (χ2n) is 3.48. The minimum atomic E-state index is -0.865. The molecule has 0 bridgehead atoms. The summed E-state index contributed by atoms with van der Waals surface area (Å²) >= 11 is 1.16. The average molecular weight is 253 g/mol. The lowest BCUT2D eigenvalue weighted by molar-refractivity contribution is -0.143. The molecule has 1 atom stereocenters. The van der Waals surface area contributed by atoms with Crippen LogP contribution in [-0.4, -0.2) is 24.2 Å². The molecule has 0 aliphatic rings. The summed E-state index contributed by atoms with van der Waals surface area (Å²) < 4.78 is 4.45. The van der Waals surface area contributed by atoms with Crippen molar-refractivity contribution in [2.45, 2.75) is 18.2 Å². The zero-order valence-corrected chi connectivity index (χ0v) is 10.4. The van der Waals surface area contributed by atoms with Crippen LogP contribution in [0.15, 0.2) is 30.3 Å². The molecule has 1 rings (SSSR count). The minimum absolute atomic E-state index is 0.00414. The second-order valence-corrected chi connectivity index (χ2v) is 4.51. The summed E-state index contributed by atoms with van der Waals surface area (Å²) in [5, 5.41) is -0.105. The van der Waals surface area contributed by atoms with Gasteiger partial charge in [-0.1, -0.05) is 42.1 Å². The lowest BCUT2D eigenvalue weighted by atomic mass is 10.2. The highest BCUT2D eigenvalue weighted by atomic mass is 32.2. The van der Waals surface area contributed by atoms with Crippen LogP contribution in [-0.2, 0) is 20.1 Å². The molecule has 0 amide bonds. The van der Waals surface area contributed by atoms with Crippen molar-refractivity contribution in [3.05, 3.63) is 35.9 Å². The molecule has 0 saturated carbocycles. The number of benzene rings is 1. The average Bonchev–Trinajstić information content (AvgIpc) is 2.36. The smallest absolute Gasteiger partial charge is 0.323 e. The molecule has 1 aromatic carbocycles. The third kappa shape index (κ3) is 5.01. The molecule has 17 heavy (non-hydrogen) atoms. The number of rotatable bonds is 5. The summed E-state index contributed by atoms with van der Waals surface area (Å²) in [6.07, 6.45) is 0.00414. The number of carbonyl (C=O) groups excluding carboxylic acids is 2. The molecule has 4 nitrogen and oxygen atoms in total. The van der Waals surface area contributed by atoms with Crippen LogP contribution in [0.5, 0.6) is 0 Å². The Morgan fingerprint density at radius 1 is 1.35 bits per heavy atom. The van der Waals surface area contributed by atoms with Gasteiger partial charge in [-0.25, -0.2) is 0 Å². The van der Waals surface area contributed by atoms with Gasteiger partial charge in [0.15, 0.2) is 5.12 Å². The Hall–Kier alpha value is -1.33. The van der Waals surface area contributed by atoms with Gasteiger partial charge in [0.05, 0.1) is 7.11 Å². The summed E-state index contributed by atoms with van der Waals surface area (Å²) in [5.41, 5.74) is 6.56. The number of carbonyl (C=O) groups is 2. The summed E-state index contributed by atoms with van der Waals surface area (Å²) in [4.78, 5) is 22.5. The van der Waals surface area contributed by atoms with Crippen LogP contribution in [0, 0.1) is 0 Å². The molecule has 0 aliphatic heterocycles. The Morgan fingerprint density at radius 2 is 2.00 bits per heavy atom. The standard InChI is InChI=1S/C12H15NO3S/c1-16-12(15)10(13)7-11(14)17-8-9-5-3-2-4-6-9/h2-6,10H,7-8,13H2,1H3. The Kier molecular flexibility index (Phi) is 5.72. The maximum absolute atomic E-state index is 11.5. The molecule has 0 heterocycles. The number of nitrogens with two attached hydrogens (primary N) is 1. The molecule has 1 unspecified atom stereocenters. The van der Waals surface area contributed by atoms with E-state index >= 15 is 0 Å². The van der Waals surface area contributed by atoms with Crippen LogP contribution >= 0.6 is 11.8 Å². The molecule has 5 heteroatoms. The van der Waals surface area contributed by atoms with Crippen molar-refractivity contribution in [3.63, 3.8) is 0 Å². The minimum Gasteiger partial charge on any atom is -0.468 e. The second kappa shape index (κ2) is 7.09. The largest absolute Gasteiger partial charge is 0.468 e. The first-order chi connectivity index (χ1) is 8.13. The molecular formula is C12H15NO3S. The van der Waals surface area contributed by atoms with E-state index in [-0.39, 0.29) is 11.5 Å². The number of hydrogen-bond donors (Lipinski definition) is 1. The Labute approximate surface area is 105 Å². The lowest BCUT2D eigenvalue weighted by Gasteiger charge is -2.07. The molecule has 2 N–H and O–H groups in total. The summed E-state index contributed by atoms with van der Waals surface area (Å²) in [7, 11) is 1.25. The number of methoxy groups -OCH3 is 1. The molecule has 0 saturated heterocycles. The predicted octanol–water partition coefficient (Wildman–Crippen LogP) is 1.34. The van der Waals surface area contributed by atoms with Gasteiger partial charge in [-0.15, -0.1) is 0 Å². The van der Waals surface area contributed by atoms with E-state index in [0.717, 1.165) is 17.3 Å². The van der Waals surface area contributed by atoms with Crippen molar-refractivity contribution in [2.24, 2.45) is 5.73 Å². The van der Waals surface area contributed by atoms with Gasteiger partial charge in [0.2, 0.25) is 0 Å². The third-order valence-electron chi connectivity index (χ3n) is 2.13. The highest BCUT2D eigenvalue weighted by Gasteiger charge is 2.17. The van der Waals surface area contributed by atoms with Crippen LogP contribution in [0.1, 0.15) is 12.0 Å². The van der Waals surface area contributed by atoms with Gasteiger partial charge in [-0.3, -0.25) is 9.59 Å². The number of thioether (sulfide) groups is 1. The topological polar surface area (TPSA) is 69.4 Å². The van der Waals surface area contributed by atoms with Crippen molar-refractivity contribution < 1.29 is 14.3 Å². The number of esters is 1. The maximum atomic E-state index is 11.5. The van der Waals surface area contributed by atoms with E-state index in [9.17, 15) is 9.59 Å². The normalized spacial score (nSPS) is 11.9. The molecule has 0 fully saturated rings. The van der Waals surface area contributed by atoms with E-state index in [0.29, 0.717) is 5.75 Å². The van der Waals surface area contributed by atoms with Crippen molar-refractivity contribution in [2.75, 3.05) is 7.11 Å². The van der Waals surface area contributed by atoms with Crippen LogP contribution in [0.2, 0.25) is 0 Å². The summed E-state index contributed by atoms with van der Waals surface area (Å²) in [6, 6.07) is 8.78. The van der Waals surface area contributed by atoms with Crippen molar-refractivity contribution in [3.8, 4) is 0 Å². The van der Waals surface area contributed by atoms with E-state index in [4.69, 9.17) is 5.73 Å². The molecule has 1 aromatic rings. The third-order valence-corrected chi connectivity index (χ3v) is 3.10. The highest BCUT2D eigenvalue weighted by molar-refractivity contribution is 8.12. The molecule has 0 aromatic heterocycles. The van der Waals surface area contributed by atoms with Crippen LogP contribution in [0.25, 0.3) is 0 Å². The Balaban J connectivity index is 2.33. The number of ether oxygens (including phenoxy) is 1. The summed E-state index contributed by atoms with van der Waals surface area (Å²) in [5.74, 6) is 0.0340. The highest BCUT2D eigenvalue weighted by Crippen LogP contribution is 2.15.